The van der Waals surface area contributed by atoms with Gasteiger partial charge < -0.3 is 24.4 Å². The number of hydrogen-bond acceptors (Lipinski definition) is 7. The summed E-state index contributed by atoms with van der Waals surface area (Å²) in [4.78, 5) is 52.7. The van der Waals surface area contributed by atoms with Crippen molar-refractivity contribution in [2.45, 2.75) is 91.5 Å². The molecule has 2 aliphatic rings. The van der Waals surface area contributed by atoms with Crippen LogP contribution in [0.3, 0.4) is 0 Å². The second-order valence-corrected chi connectivity index (χ2v) is 13.8. The monoisotopic (exact) mass is 608 g/mol. The lowest BCUT2D eigenvalue weighted by Crippen LogP contribution is -2.42. The summed E-state index contributed by atoms with van der Waals surface area (Å²) in [5.41, 5.74) is -0.262. The van der Waals surface area contributed by atoms with Crippen molar-refractivity contribution in [2.75, 3.05) is 19.7 Å². The molecule has 9 nitrogen and oxygen atoms in total. The minimum atomic E-state index is -1.17. The third-order valence-electron chi connectivity index (χ3n) is 7.82. The van der Waals surface area contributed by atoms with E-state index in [-0.39, 0.29) is 55.2 Å². The van der Waals surface area contributed by atoms with Crippen LogP contribution >= 0.6 is 0 Å². The molecule has 1 N–H and O–H groups in total. The van der Waals surface area contributed by atoms with Crippen LogP contribution in [0.5, 0.6) is 0 Å². The van der Waals surface area contributed by atoms with Gasteiger partial charge in [0.25, 0.3) is 0 Å². The van der Waals surface area contributed by atoms with Crippen molar-refractivity contribution in [3.05, 3.63) is 71.8 Å². The van der Waals surface area contributed by atoms with Crippen molar-refractivity contribution in [2.24, 2.45) is 11.3 Å². The average Bonchev–Trinajstić information content (AvgIpc) is 3.52. The predicted octanol–water partition coefficient (Wildman–Crippen LogP) is 5.24. The molecular weight excluding hydrogens is 560 g/mol. The highest BCUT2D eigenvalue weighted by molar-refractivity contribution is 5.90. The molecule has 2 aromatic carbocycles. The van der Waals surface area contributed by atoms with Crippen molar-refractivity contribution < 1.29 is 33.8 Å². The Morgan fingerprint density at radius 1 is 0.818 bits per heavy atom. The molecule has 0 saturated carbocycles. The van der Waals surface area contributed by atoms with Gasteiger partial charge in [0.05, 0.1) is 24.6 Å². The molecule has 0 bridgehead atoms. The second-order valence-electron chi connectivity index (χ2n) is 13.8. The molecule has 0 aliphatic carbocycles. The quantitative estimate of drug-likeness (QED) is 0.428. The molecule has 2 saturated heterocycles. The van der Waals surface area contributed by atoms with Gasteiger partial charge in [-0.1, -0.05) is 60.7 Å². The lowest BCUT2D eigenvalue weighted by atomic mass is 9.88. The lowest BCUT2D eigenvalue weighted by molar-refractivity contribution is -0.169. The molecule has 240 valence electrons. The van der Waals surface area contributed by atoms with Gasteiger partial charge in [-0.05, 0) is 66.5 Å². The molecular formula is C35H48N2O7. The largest absolute Gasteiger partial charge is 0.460 e. The van der Waals surface area contributed by atoms with E-state index in [9.17, 15) is 24.3 Å². The van der Waals surface area contributed by atoms with Gasteiger partial charge in [-0.3, -0.25) is 19.2 Å². The molecule has 9 heteroatoms. The maximum Gasteiger partial charge on any atom is 0.317 e. The molecule has 0 spiro atoms. The Morgan fingerprint density at radius 3 is 1.75 bits per heavy atom. The van der Waals surface area contributed by atoms with Crippen molar-refractivity contribution in [1.29, 1.82) is 0 Å². The van der Waals surface area contributed by atoms with E-state index in [4.69, 9.17) is 9.47 Å². The van der Waals surface area contributed by atoms with Crippen LogP contribution in [0.4, 0.5) is 0 Å². The number of aliphatic hydroxyl groups excluding tert-OH is 1. The number of benzene rings is 2. The zero-order chi connectivity index (χ0) is 32.9. The number of carbonyl (C=O) groups excluding carboxylic acids is 4. The standard InChI is InChI=1S/C18H25NO4.C17H23NO3/c1-13(14-8-6-5-7-9-14)19-11-18(12-20,10-15(19)21)16(22)23-17(2,3)4;1-12(13-8-6-5-7-9-13)18-11-14(10-15(18)19)16(20)21-17(2,3)4/h5-9,13,20H,10-12H2,1-4H3;5-9,12,14H,10-11H2,1-4H3/t13-,18+;12-,14?/m11/s1. The Hall–Kier alpha value is -3.72. The first-order chi connectivity index (χ1) is 20.5. The summed E-state index contributed by atoms with van der Waals surface area (Å²) >= 11 is 0. The number of nitrogens with zero attached hydrogens (tertiary/aromatic N) is 2. The van der Waals surface area contributed by atoms with Crippen LogP contribution in [0.2, 0.25) is 0 Å². The van der Waals surface area contributed by atoms with Gasteiger partial charge in [0, 0.05) is 25.9 Å². The number of carbonyl (C=O) groups is 4. The van der Waals surface area contributed by atoms with Gasteiger partial charge in [-0.15, -0.1) is 0 Å². The van der Waals surface area contributed by atoms with Crippen LogP contribution in [-0.4, -0.2) is 69.6 Å². The van der Waals surface area contributed by atoms with Crippen molar-refractivity contribution in [3.8, 4) is 0 Å². The fourth-order valence-electron chi connectivity index (χ4n) is 5.38. The first-order valence-electron chi connectivity index (χ1n) is 15.2. The van der Waals surface area contributed by atoms with Crippen LogP contribution in [0.25, 0.3) is 0 Å². The van der Waals surface area contributed by atoms with Crippen molar-refractivity contribution >= 4 is 23.8 Å². The van der Waals surface area contributed by atoms with Gasteiger partial charge in [0.15, 0.2) is 0 Å². The van der Waals surface area contributed by atoms with Crippen LogP contribution in [0, 0.1) is 11.3 Å². The predicted molar refractivity (Wildman–Crippen MR) is 167 cm³/mol. The molecule has 1 unspecified atom stereocenters. The van der Waals surface area contributed by atoms with E-state index < -0.39 is 29.2 Å². The number of esters is 2. The van der Waals surface area contributed by atoms with E-state index in [2.05, 4.69) is 0 Å². The molecule has 2 aliphatic heterocycles. The SMILES string of the molecule is C[C@H](c1ccccc1)N1CC(C(=O)OC(C)(C)C)CC1=O.C[C@H](c1ccccc1)N1C[C@@](CO)(C(=O)OC(C)(C)C)CC1=O. The summed E-state index contributed by atoms with van der Waals surface area (Å²) in [7, 11) is 0. The van der Waals surface area contributed by atoms with E-state index in [1.54, 1.807) is 30.6 Å². The summed E-state index contributed by atoms with van der Waals surface area (Å²) in [5.74, 6) is -1.27. The topological polar surface area (TPSA) is 113 Å². The number of ether oxygens (including phenoxy) is 2. The Kier molecular flexibility index (Phi) is 11.0. The number of hydrogen-bond donors (Lipinski definition) is 1. The minimum absolute atomic E-state index is 0.0159. The van der Waals surface area contributed by atoms with E-state index in [1.165, 1.54) is 0 Å². The van der Waals surface area contributed by atoms with Crippen LogP contribution < -0.4 is 0 Å². The van der Waals surface area contributed by atoms with Gasteiger partial charge in [-0.2, -0.15) is 0 Å². The fraction of sp³-hybridized carbons (Fsp3) is 0.543. The third-order valence-corrected chi connectivity index (χ3v) is 7.82. The summed E-state index contributed by atoms with van der Waals surface area (Å²) in [5, 5.41) is 9.79. The summed E-state index contributed by atoms with van der Waals surface area (Å²) in [6, 6.07) is 19.3. The maximum atomic E-state index is 12.5. The van der Waals surface area contributed by atoms with Gasteiger partial charge in [0.2, 0.25) is 11.8 Å². The second kappa shape index (κ2) is 13.9. The van der Waals surface area contributed by atoms with E-state index in [1.807, 2.05) is 95.3 Å². The van der Waals surface area contributed by atoms with Crippen LogP contribution in [0.15, 0.2) is 60.7 Å². The first kappa shape index (κ1) is 34.8. The average molecular weight is 609 g/mol. The third kappa shape index (κ3) is 8.91. The number of amides is 2. The Labute approximate surface area is 261 Å². The summed E-state index contributed by atoms with van der Waals surface area (Å²) in [6.45, 7) is 15.0. The summed E-state index contributed by atoms with van der Waals surface area (Å²) in [6.07, 6.45) is 0.224. The molecule has 0 radical (unpaired) electrons. The molecule has 4 rings (SSSR count). The zero-order valence-electron chi connectivity index (χ0n) is 27.3. The van der Waals surface area contributed by atoms with Crippen LogP contribution in [-0.2, 0) is 28.7 Å². The number of aliphatic hydroxyl groups is 1. The Bertz CT molecular complexity index is 1300. The zero-order valence-corrected chi connectivity index (χ0v) is 27.3. The normalized spacial score (nSPS) is 21.8. The van der Waals surface area contributed by atoms with Gasteiger partial charge >= 0.3 is 11.9 Å². The first-order valence-corrected chi connectivity index (χ1v) is 15.2. The number of rotatable bonds is 7. The molecule has 2 amide bonds. The summed E-state index contributed by atoms with van der Waals surface area (Å²) < 4.78 is 10.8. The van der Waals surface area contributed by atoms with E-state index in [0.717, 1.165) is 11.1 Å². The fourth-order valence-corrected chi connectivity index (χ4v) is 5.38. The highest BCUT2D eigenvalue weighted by Crippen LogP contribution is 2.38. The molecule has 2 fully saturated rings. The van der Waals surface area contributed by atoms with Crippen LogP contribution in [0.1, 0.15) is 91.4 Å². The highest BCUT2D eigenvalue weighted by atomic mass is 16.6. The van der Waals surface area contributed by atoms with E-state index in [0.29, 0.717) is 6.54 Å². The Balaban J connectivity index is 0.000000241. The van der Waals surface area contributed by atoms with Gasteiger partial charge in [-0.25, -0.2) is 0 Å². The maximum absolute atomic E-state index is 12.5. The lowest BCUT2D eigenvalue weighted by Gasteiger charge is -2.31. The number of likely N-dealkylation sites (tertiary alicyclic amines) is 2. The highest BCUT2D eigenvalue weighted by Gasteiger charge is 2.52. The van der Waals surface area contributed by atoms with E-state index >= 15 is 0 Å². The van der Waals surface area contributed by atoms with Crippen molar-refractivity contribution in [1.82, 2.24) is 9.80 Å². The van der Waals surface area contributed by atoms with Gasteiger partial charge in [0.1, 0.15) is 16.6 Å². The smallest absolute Gasteiger partial charge is 0.317 e. The molecule has 2 aromatic rings. The minimum Gasteiger partial charge on any atom is -0.460 e. The molecule has 4 atom stereocenters. The molecule has 0 aromatic heterocycles. The molecule has 44 heavy (non-hydrogen) atoms. The van der Waals surface area contributed by atoms with Crippen molar-refractivity contribution in [3.63, 3.8) is 0 Å². The molecule has 2 heterocycles. The Morgan fingerprint density at radius 2 is 1.30 bits per heavy atom.